The van der Waals surface area contributed by atoms with Crippen LogP contribution in [0.2, 0.25) is 0 Å². The van der Waals surface area contributed by atoms with Gasteiger partial charge in [0.1, 0.15) is 11.6 Å². The fraction of sp³-hybridized carbons (Fsp3) is 0.533. The van der Waals surface area contributed by atoms with E-state index in [-0.39, 0.29) is 23.6 Å². The minimum absolute atomic E-state index is 0.0513. The molecule has 0 aromatic heterocycles. The van der Waals surface area contributed by atoms with Crippen molar-refractivity contribution in [3.8, 4) is 0 Å². The number of hydrogen-bond donors (Lipinski definition) is 2. The molecule has 1 aliphatic heterocycles. The Kier molecular flexibility index (Phi) is 4.05. The van der Waals surface area contributed by atoms with Gasteiger partial charge in [0.05, 0.1) is 12.6 Å². The molecule has 1 saturated heterocycles. The van der Waals surface area contributed by atoms with E-state index in [1.165, 1.54) is 18.2 Å². The van der Waals surface area contributed by atoms with Crippen molar-refractivity contribution in [1.29, 1.82) is 0 Å². The van der Waals surface area contributed by atoms with Crippen LogP contribution < -0.4 is 11.1 Å². The van der Waals surface area contributed by atoms with Crippen LogP contribution in [0.1, 0.15) is 30.7 Å². The lowest BCUT2D eigenvalue weighted by Crippen LogP contribution is -2.35. The summed E-state index contributed by atoms with van der Waals surface area (Å²) < 4.78 is 32.8. The molecule has 1 heterocycles. The van der Waals surface area contributed by atoms with Gasteiger partial charge in [-0.25, -0.2) is 8.78 Å². The lowest BCUT2D eigenvalue weighted by Gasteiger charge is -2.09. The molecule has 3 unspecified atom stereocenters. The lowest BCUT2D eigenvalue weighted by molar-refractivity contribution is 0.118. The molecule has 3 atom stereocenters. The quantitative estimate of drug-likeness (QED) is 0.659. The number of nitrogens with one attached hydrogen (secondary N) is 1. The summed E-state index contributed by atoms with van der Waals surface area (Å²) in [6.07, 6.45) is 2.87. The predicted octanol–water partition coefficient (Wildman–Crippen LogP) is 1.90. The van der Waals surface area contributed by atoms with E-state index in [0.717, 1.165) is 19.4 Å². The molecule has 1 aromatic carbocycles. The second-order valence-electron chi connectivity index (χ2n) is 5.59. The molecule has 0 spiro atoms. The molecule has 2 fully saturated rings. The number of hydrogen-bond acceptors (Lipinski definition) is 2. The third-order valence-electron chi connectivity index (χ3n) is 3.98. The van der Waals surface area contributed by atoms with Crippen molar-refractivity contribution in [3.63, 3.8) is 0 Å². The van der Waals surface area contributed by atoms with Crippen molar-refractivity contribution in [1.82, 2.24) is 5.32 Å². The highest BCUT2D eigenvalue weighted by Crippen LogP contribution is 2.42. The van der Waals surface area contributed by atoms with E-state index in [0.29, 0.717) is 18.9 Å². The lowest BCUT2D eigenvalue weighted by atomic mass is 10.1. The Morgan fingerprint density at radius 2 is 2.14 bits per heavy atom. The molecule has 0 bridgehead atoms. The van der Waals surface area contributed by atoms with Crippen LogP contribution in [0.25, 0.3) is 0 Å². The molecule has 1 saturated carbocycles. The van der Waals surface area contributed by atoms with Gasteiger partial charge in [-0.2, -0.15) is 0 Å². The normalized spacial score (nSPS) is 28.7. The van der Waals surface area contributed by atoms with Gasteiger partial charge in [-0.3, -0.25) is 4.99 Å². The average molecular weight is 295 g/mol. The molecule has 1 aromatic rings. The molecule has 21 heavy (non-hydrogen) atoms. The van der Waals surface area contributed by atoms with Crippen LogP contribution >= 0.6 is 0 Å². The average Bonchev–Trinajstić information content (AvgIpc) is 2.99. The van der Waals surface area contributed by atoms with E-state index in [1.54, 1.807) is 0 Å². The van der Waals surface area contributed by atoms with Crippen molar-refractivity contribution >= 4 is 5.96 Å². The molecule has 114 valence electrons. The summed E-state index contributed by atoms with van der Waals surface area (Å²) in [5.74, 6) is -0.865. The number of halogens is 2. The number of ether oxygens (including phenoxy) is 1. The first-order valence-corrected chi connectivity index (χ1v) is 7.27. The molecule has 4 nitrogen and oxygen atoms in total. The minimum Gasteiger partial charge on any atom is -0.376 e. The van der Waals surface area contributed by atoms with Crippen LogP contribution in [-0.4, -0.2) is 31.3 Å². The zero-order valence-corrected chi connectivity index (χ0v) is 11.7. The van der Waals surface area contributed by atoms with Gasteiger partial charge in [0.25, 0.3) is 0 Å². The Balaban J connectivity index is 1.54. The predicted molar refractivity (Wildman–Crippen MR) is 76.1 cm³/mol. The molecule has 0 amide bonds. The van der Waals surface area contributed by atoms with Crippen molar-refractivity contribution in [2.45, 2.75) is 37.3 Å². The molecule has 0 radical (unpaired) electrons. The number of rotatable bonds is 4. The smallest absolute Gasteiger partial charge is 0.188 e. The largest absolute Gasteiger partial charge is 0.376 e. The Bertz CT molecular complexity index is 523. The summed E-state index contributed by atoms with van der Waals surface area (Å²) in [6, 6.07) is 3.88. The first-order chi connectivity index (χ1) is 10.1. The highest BCUT2D eigenvalue weighted by atomic mass is 19.1. The number of nitrogens with two attached hydrogens (primary N) is 1. The van der Waals surface area contributed by atoms with Gasteiger partial charge >= 0.3 is 0 Å². The molecule has 3 rings (SSSR count). The number of guanidine groups is 1. The van der Waals surface area contributed by atoms with Crippen LogP contribution in [0.4, 0.5) is 8.78 Å². The molecule has 6 heteroatoms. The molecule has 3 N–H and O–H groups in total. The summed E-state index contributed by atoms with van der Waals surface area (Å²) in [4.78, 5) is 4.23. The van der Waals surface area contributed by atoms with E-state index in [2.05, 4.69) is 10.3 Å². The van der Waals surface area contributed by atoms with E-state index in [4.69, 9.17) is 10.5 Å². The summed E-state index contributed by atoms with van der Waals surface area (Å²) >= 11 is 0. The maximum absolute atomic E-state index is 13.7. The highest BCUT2D eigenvalue weighted by Gasteiger charge is 2.42. The fourth-order valence-electron chi connectivity index (χ4n) is 2.76. The van der Waals surface area contributed by atoms with Gasteiger partial charge in [-0.05, 0) is 31.4 Å². The van der Waals surface area contributed by atoms with Gasteiger partial charge in [0.2, 0.25) is 0 Å². The Labute approximate surface area is 122 Å². The van der Waals surface area contributed by atoms with Crippen molar-refractivity contribution in [3.05, 3.63) is 35.4 Å². The molecular formula is C15H19F2N3O. The van der Waals surface area contributed by atoms with E-state index < -0.39 is 11.6 Å². The zero-order chi connectivity index (χ0) is 14.8. The fourth-order valence-corrected chi connectivity index (χ4v) is 2.76. The third-order valence-corrected chi connectivity index (χ3v) is 3.98. The monoisotopic (exact) mass is 295 g/mol. The molecule has 2 aliphatic rings. The number of benzene rings is 1. The minimum atomic E-state index is -0.501. The Hall–Kier alpha value is -1.69. The number of nitrogens with zero attached hydrogens (tertiary/aromatic N) is 1. The standard InChI is InChI=1S/C15H19F2N3O/c16-11-4-1-5-12(17)14(11)10-7-13(10)20-15(18)19-8-9-3-2-6-21-9/h1,4-5,9-10,13H,2-3,6-8H2,(H3,18,19,20). The second kappa shape index (κ2) is 5.97. The first-order valence-electron chi connectivity index (χ1n) is 7.27. The van der Waals surface area contributed by atoms with Gasteiger partial charge in [0.15, 0.2) is 5.96 Å². The van der Waals surface area contributed by atoms with E-state index in [1.807, 2.05) is 0 Å². The van der Waals surface area contributed by atoms with Crippen LogP contribution in [0.5, 0.6) is 0 Å². The van der Waals surface area contributed by atoms with Crippen LogP contribution in [0.3, 0.4) is 0 Å². The van der Waals surface area contributed by atoms with Crippen molar-refractivity contribution < 1.29 is 13.5 Å². The molecular weight excluding hydrogens is 276 g/mol. The summed E-state index contributed by atoms with van der Waals surface area (Å²) in [7, 11) is 0. The summed E-state index contributed by atoms with van der Waals surface area (Å²) in [6.45, 7) is 1.31. The Morgan fingerprint density at radius 1 is 1.38 bits per heavy atom. The number of aliphatic imine (C=N–C) groups is 1. The SMILES string of the molecule is NC(=NCC1CCCO1)NC1CC1c1c(F)cccc1F. The van der Waals surface area contributed by atoms with Gasteiger partial charge < -0.3 is 15.8 Å². The first kappa shape index (κ1) is 14.3. The second-order valence-corrected chi connectivity index (χ2v) is 5.59. The summed E-state index contributed by atoms with van der Waals surface area (Å²) in [5, 5.41) is 3.02. The highest BCUT2D eigenvalue weighted by molar-refractivity contribution is 5.78. The van der Waals surface area contributed by atoms with Crippen LogP contribution in [0.15, 0.2) is 23.2 Å². The van der Waals surface area contributed by atoms with Gasteiger partial charge in [-0.1, -0.05) is 6.07 Å². The molecule has 1 aliphatic carbocycles. The maximum atomic E-state index is 13.7. The summed E-state index contributed by atoms with van der Waals surface area (Å²) in [5.41, 5.74) is 5.95. The Morgan fingerprint density at radius 3 is 2.81 bits per heavy atom. The van der Waals surface area contributed by atoms with Crippen LogP contribution in [0, 0.1) is 11.6 Å². The van der Waals surface area contributed by atoms with Crippen molar-refractivity contribution in [2.24, 2.45) is 10.7 Å². The van der Waals surface area contributed by atoms with E-state index >= 15 is 0 Å². The third kappa shape index (κ3) is 3.32. The maximum Gasteiger partial charge on any atom is 0.188 e. The van der Waals surface area contributed by atoms with Crippen molar-refractivity contribution in [2.75, 3.05) is 13.2 Å². The van der Waals surface area contributed by atoms with Gasteiger partial charge in [0, 0.05) is 24.1 Å². The van der Waals surface area contributed by atoms with Gasteiger partial charge in [-0.15, -0.1) is 0 Å². The van der Waals surface area contributed by atoms with E-state index in [9.17, 15) is 8.78 Å². The zero-order valence-electron chi connectivity index (χ0n) is 11.7. The van der Waals surface area contributed by atoms with Crippen LogP contribution in [-0.2, 0) is 4.74 Å². The topological polar surface area (TPSA) is 59.6 Å².